The monoisotopic (exact) mass is 408 g/mol. The van der Waals surface area contributed by atoms with Gasteiger partial charge in [-0.05, 0) is 57.3 Å². The molecule has 13 heavy (non-hydrogen) atoms. The van der Waals surface area contributed by atoms with Crippen LogP contribution in [0.1, 0.15) is 0 Å². The van der Waals surface area contributed by atoms with Gasteiger partial charge in [0.25, 0.3) is 0 Å². The highest BCUT2D eigenvalue weighted by atomic mass is 127. The average Bonchev–Trinajstić information content (AvgIpc) is 2.12. The minimum atomic E-state index is -0.329. The van der Waals surface area contributed by atoms with E-state index in [0.29, 0.717) is 3.57 Å². The molecule has 0 aliphatic carbocycles. The molecule has 2 nitrogen and oxygen atoms in total. The fourth-order valence-corrected chi connectivity index (χ4v) is 1.76. The molecular weight excluding hydrogens is 401 g/mol. The highest BCUT2D eigenvalue weighted by Gasteiger charge is 2.11. The number of hydrogen-bond donors (Lipinski definition) is 0. The highest BCUT2D eigenvalue weighted by Crippen LogP contribution is 2.27. The lowest BCUT2D eigenvalue weighted by Gasteiger charge is -2.08. The summed E-state index contributed by atoms with van der Waals surface area (Å²) in [6.07, 6.45) is 0. The number of benzene rings is 1. The Kier molecular flexibility index (Phi) is 4.67. The minimum Gasteiger partial charge on any atom is -0.463 e. The third-order valence-corrected chi connectivity index (χ3v) is 3.01. The van der Waals surface area contributed by atoms with Crippen LogP contribution in [0.2, 0.25) is 0 Å². The van der Waals surface area contributed by atoms with Gasteiger partial charge in [-0.15, -0.1) is 0 Å². The first-order valence-corrected chi connectivity index (χ1v) is 5.57. The Bertz CT molecular complexity index is 304. The molecule has 1 rings (SSSR count). The van der Waals surface area contributed by atoms with Crippen LogP contribution in [0.5, 0.6) is 5.75 Å². The molecule has 0 aliphatic rings. The van der Waals surface area contributed by atoms with Crippen LogP contribution < -0.4 is 4.74 Å². The summed E-state index contributed by atoms with van der Waals surface area (Å²) in [7, 11) is 1.50. The molecule has 0 aromatic heterocycles. The Balaban J connectivity index is 2.96. The van der Waals surface area contributed by atoms with Crippen molar-refractivity contribution in [3.63, 3.8) is 0 Å². The van der Waals surface area contributed by atoms with Gasteiger partial charge in [-0.2, -0.15) is 0 Å². The molecule has 1 aromatic rings. The van der Waals surface area contributed by atoms with Crippen molar-refractivity contribution in [2.24, 2.45) is 0 Å². The van der Waals surface area contributed by atoms with Crippen LogP contribution in [-0.4, -0.2) is 13.9 Å². The lowest BCUT2D eigenvalue weighted by Crippen LogP contribution is -2.03. The van der Waals surface area contributed by atoms with Gasteiger partial charge in [-0.25, -0.2) is 4.39 Å². The molecule has 0 saturated carbocycles. The molecule has 0 atom stereocenters. The van der Waals surface area contributed by atoms with E-state index >= 15 is 0 Å². The zero-order chi connectivity index (χ0) is 9.84. The van der Waals surface area contributed by atoms with Crippen molar-refractivity contribution in [1.82, 2.24) is 0 Å². The zero-order valence-electron chi connectivity index (χ0n) is 6.81. The van der Waals surface area contributed by atoms with Gasteiger partial charge in [0.15, 0.2) is 18.4 Å². The predicted octanol–water partition coefficient (Wildman–Crippen LogP) is 3.02. The summed E-state index contributed by atoms with van der Waals surface area (Å²) in [5.41, 5.74) is 0. The smallest absolute Gasteiger partial charge is 0.188 e. The first kappa shape index (κ1) is 11.4. The van der Waals surface area contributed by atoms with Gasteiger partial charge in [-0.3, -0.25) is 0 Å². The van der Waals surface area contributed by atoms with E-state index < -0.39 is 0 Å². The number of rotatable bonds is 3. The number of methoxy groups -OCH3 is 1. The molecule has 0 unspecified atom stereocenters. The normalized spacial score (nSPS) is 10.2. The molecule has 0 N–H and O–H groups in total. The van der Waals surface area contributed by atoms with Crippen LogP contribution in [0, 0.1) is 13.0 Å². The Morgan fingerprint density at radius 3 is 2.54 bits per heavy atom. The standard InChI is InChI=1S/C8H7FI2O2/c1-12-4-13-8-6(11)3-2-5(10)7(8)9/h2-3H,4H2,1H3. The second kappa shape index (κ2) is 5.30. The third kappa shape index (κ3) is 2.91. The SMILES string of the molecule is COCOc1c(I)ccc(I)c1F. The van der Waals surface area contributed by atoms with Crippen molar-refractivity contribution < 1.29 is 13.9 Å². The Labute approximate surface area is 103 Å². The lowest BCUT2D eigenvalue weighted by molar-refractivity contribution is 0.0475. The molecule has 5 heteroatoms. The quantitative estimate of drug-likeness (QED) is 0.435. The van der Waals surface area contributed by atoms with Gasteiger partial charge in [-0.1, -0.05) is 0 Å². The van der Waals surface area contributed by atoms with E-state index in [1.54, 1.807) is 12.1 Å². The topological polar surface area (TPSA) is 18.5 Å². The summed E-state index contributed by atoms with van der Waals surface area (Å²) in [5.74, 6) is -0.0705. The van der Waals surface area contributed by atoms with Gasteiger partial charge in [0.2, 0.25) is 0 Å². The average molecular weight is 408 g/mol. The van der Waals surface area contributed by atoms with E-state index in [9.17, 15) is 4.39 Å². The first-order chi connectivity index (χ1) is 6.16. The molecule has 0 radical (unpaired) electrons. The summed E-state index contributed by atoms with van der Waals surface area (Å²) in [4.78, 5) is 0. The van der Waals surface area contributed by atoms with Gasteiger partial charge in [0.1, 0.15) is 0 Å². The van der Waals surface area contributed by atoms with Crippen molar-refractivity contribution in [3.05, 3.63) is 25.1 Å². The summed E-state index contributed by atoms with van der Waals surface area (Å²) < 4.78 is 24.5. The lowest BCUT2D eigenvalue weighted by atomic mass is 10.3. The number of hydrogen-bond acceptors (Lipinski definition) is 2. The Morgan fingerprint density at radius 2 is 1.92 bits per heavy atom. The fourth-order valence-electron chi connectivity index (χ4n) is 0.759. The predicted molar refractivity (Wildman–Crippen MR) is 64.3 cm³/mol. The van der Waals surface area contributed by atoms with Gasteiger partial charge in [0.05, 0.1) is 7.14 Å². The van der Waals surface area contributed by atoms with Gasteiger partial charge >= 0.3 is 0 Å². The van der Waals surface area contributed by atoms with Crippen molar-refractivity contribution >= 4 is 45.2 Å². The van der Waals surface area contributed by atoms with E-state index in [4.69, 9.17) is 9.47 Å². The first-order valence-electron chi connectivity index (χ1n) is 3.42. The number of halogens is 3. The van der Waals surface area contributed by atoms with Crippen molar-refractivity contribution in [3.8, 4) is 5.75 Å². The highest BCUT2D eigenvalue weighted by molar-refractivity contribution is 14.1. The van der Waals surface area contributed by atoms with Crippen LogP contribution in [0.4, 0.5) is 4.39 Å². The Morgan fingerprint density at radius 1 is 1.31 bits per heavy atom. The maximum atomic E-state index is 13.4. The van der Waals surface area contributed by atoms with Gasteiger partial charge in [0, 0.05) is 7.11 Å². The summed E-state index contributed by atoms with van der Waals surface area (Å²) in [5, 5.41) is 0. The van der Waals surface area contributed by atoms with E-state index in [1.165, 1.54) is 7.11 Å². The van der Waals surface area contributed by atoms with E-state index in [0.717, 1.165) is 3.57 Å². The Hall–Kier alpha value is 0.370. The van der Waals surface area contributed by atoms with E-state index in [1.807, 2.05) is 45.2 Å². The molecule has 0 aliphatic heterocycles. The molecule has 1 aromatic carbocycles. The summed E-state index contributed by atoms with van der Waals surface area (Å²) in [6.45, 7) is 0.0625. The van der Waals surface area contributed by atoms with E-state index in [2.05, 4.69) is 0 Å². The third-order valence-electron chi connectivity index (χ3n) is 1.32. The maximum absolute atomic E-state index is 13.4. The van der Waals surface area contributed by atoms with Crippen LogP contribution in [0.3, 0.4) is 0 Å². The van der Waals surface area contributed by atoms with Crippen LogP contribution in [-0.2, 0) is 4.74 Å². The van der Waals surface area contributed by atoms with Crippen LogP contribution >= 0.6 is 45.2 Å². The summed E-state index contributed by atoms with van der Waals surface area (Å²) >= 11 is 3.94. The molecule has 0 bridgehead atoms. The largest absolute Gasteiger partial charge is 0.463 e. The van der Waals surface area contributed by atoms with Crippen LogP contribution in [0.25, 0.3) is 0 Å². The zero-order valence-corrected chi connectivity index (χ0v) is 11.1. The molecule has 0 amide bonds. The van der Waals surface area contributed by atoms with Crippen LogP contribution in [0.15, 0.2) is 12.1 Å². The minimum absolute atomic E-state index is 0.0625. The second-order valence-corrected chi connectivity index (χ2v) is 4.55. The maximum Gasteiger partial charge on any atom is 0.188 e. The van der Waals surface area contributed by atoms with Crippen molar-refractivity contribution in [2.75, 3.05) is 13.9 Å². The summed E-state index contributed by atoms with van der Waals surface area (Å²) in [6, 6.07) is 3.51. The van der Waals surface area contributed by atoms with Gasteiger partial charge < -0.3 is 9.47 Å². The molecule has 0 spiro atoms. The number of ether oxygens (including phenoxy) is 2. The molecule has 0 saturated heterocycles. The fraction of sp³-hybridized carbons (Fsp3) is 0.250. The van der Waals surface area contributed by atoms with E-state index in [-0.39, 0.29) is 18.4 Å². The van der Waals surface area contributed by atoms with Crippen molar-refractivity contribution in [1.29, 1.82) is 0 Å². The molecule has 0 fully saturated rings. The second-order valence-electron chi connectivity index (χ2n) is 2.22. The molecular formula is C8H7FI2O2. The molecule has 0 heterocycles. The molecule has 72 valence electrons. The van der Waals surface area contributed by atoms with Crippen molar-refractivity contribution in [2.45, 2.75) is 0 Å².